The van der Waals surface area contributed by atoms with Crippen molar-refractivity contribution in [3.8, 4) is 11.3 Å². The Bertz CT molecular complexity index is 1180. The van der Waals surface area contributed by atoms with E-state index in [0.29, 0.717) is 27.2 Å². The summed E-state index contributed by atoms with van der Waals surface area (Å²) in [5.74, 6) is 0.514. The first-order chi connectivity index (χ1) is 14.0. The maximum Gasteiger partial charge on any atom is 0.280 e. The summed E-state index contributed by atoms with van der Waals surface area (Å²) in [5.41, 5.74) is 2.13. The number of thioether (sulfide) groups is 1. The summed E-state index contributed by atoms with van der Waals surface area (Å²) in [5, 5.41) is 14.4. The molecule has 1 saturated heterocycles. The number of nitrogens with one attached hydrogen (secondary N) is 1. The highest BCUT2D eigenvalue weighted by Crippen LogP contribution is 2.33. The summed E-state index contributed by atoms with van der Waals surface area (Å²) in [6, 6.07) is 17.3. The standard InChI is InChI=1S/C21H15N3O4S/c1-13-6-2-4-8-16(13)22-21-23-20(25)19(29-21)12-14-10-11-18(28-14)15-7-3-5-9-17(15)24(26)27/h2-12H,1H3,(H,22,23,25). The lowest BCUT2D eigenvalue weighted by molar-refractivity contribution is -0.384. The number of hydrogen-bond acceptors (Lipinski definition) is 6. The molecule has 7 nitrogen and oxygen atoms in total. The highest BCUT2D eigenvalue weighted by molar-refractivity contribution is 8.18. The first-order valence-corrected chi connectivity index (χ1v) is 9.52. The summed E-state index contributed by atoms with van der Waals surface area (Å²) in [4.78, 5) is 28.0. The van der Waals surface area contributed by atoms with Gasteiger partial charge >= 0.3 is 0 Å². The smallest absolute Gasteiger partial charge is 0.280 e. The number of aliphatic imine (C=N–C) groups is 1. The number of carbonyl (C=O) groups is 1. The van der Waals surface area contributed by atoms with Crippen LogP contribution in [0.1, 0.15) is 11.3 Å². The molecule has 144 valence electrons. The molecule has 0 bridgehead atoms. The summed E-state index contributed by atoms with van der Waals surface area (Å²) >= 11 is 1.21. The van der Waals surface area contributed by atoms with Gasteiger partial charge in [-0.15, -0.1) is 0 Å². The molecule has 0 radical (unpaired) electrons. The Morgan fingerprint density at radius 1 is 1.10 bits per heavy atom. The van der Waals surface area contributed by atoms with Gasteiger partial charge in [0.1, 0.15) is 11.5 Å². The fraction of sp³-hybridized carbons (Fsp3) is 0.0476. The molecule has 1 fully saturated rings. The molecule has 4 rings (SSSR count). The van der Waals surface area contributed by atoms with Crippen LogP contribution < -0.4 is 5.32 Å². The van der Waals surface area contributed by atoms with Crippen LogP contribution in [-0.2, 0) is 4.79 Å². The van der Waals surface area contributed by atoms with Crippen molar-refractivity contribution in [2.45, 2.75) is 6.92 Å². The van der Waals surface area contributed by atoms with Crippen LogP contribution in [-0.4, -0.2) is 16.0 Å². The van der Waals surface area contributed by atoms with Crippen molar-refractivity contribution >= 4 is 40.3 Å². The Morgan fingerprint density at radius 2 is 1.86 bits per heavy atom. The Hall–Kier alpha value is -3.65. The van der Waals surface area contributed by atoms with Crippen LogP contribution in [0, 0.1) is 17.0 Å². The molecule has 1 aromatic heterocycles. The Kier molecular flexibility index (Phi) is 5.01. The molecule has 1 amide bonds. The zero-order valence-corrected chi connectivity index (χ0v) is 16.1. The number of benzene rings is 2. The van der Waals surface area contributed by atoms with Crippen molar-refractivity contribution in [1.29, 1.82) is 0 Å². The van der Waals surface area contributed by atoms with Gasteiger partial charge in [-0.2, -0.15) is 0 Å². The second-order valence-corrected chi connectivity index (χ2v) is 7.28. The van der Waals surface area contributed by atoms with Crippen molar-refractivity contribution in [2.24, 2.45) is 4.99 Å². The SMILES string of the molecule is Cc1ccccc1N=C1NC(=O)C(=Cc2ccc(-c3ccccc3[N+](=O)[O-])o2)S1. The third-order valence-corrected chi connectivity index (χ3v) is 5.16. The molecular formula is C21H15N3O4S. The molecule has 0 unspecified atom stereocenters. The molecule has 1 aliphatic rings. The zero-order chi connectivity index (χ0) is 20.4. The zero-order valence-electron chi connectivity index (χ0n) is 15.3. The van der Waals surface area contributed by atoms with Gasteiger partial charge in [0.15, 0.2) is 5.17 Å². The number of nitrogens with zero attached hydrogens (tertiary/aromatic N) is 2. The largest absolute Gasteiger partial charge is 0.456 e. The Morgan fingerprint density at radius 3 is 2.66 bits per heavy atom. The van der Waals surface area contributed by atoms with E-state index in [9.17, 15) is 14.9 Å². The van der Waals surface area contributed by atoms with Crippen LogP contribution in [0.2, 0.25) is 0 Å². The van der Waals surface area contributed by atoms with Crippen LogP contribution in [0.5, 0.6) is 0 Å². The van der Waals surface area contributed by atoms with E-state index in [-0.39, 0.29) is 11.6 Å². The van der Waals surface area contributed by atoms with Gasteiger partial charge < -0.3 is 9.73 Å². The molecule has 29 heavy (non-hydrogen) atoms. The number of nitro benzene ring substituents is 1. The summed E-state index contributed by atoms with van der Waals surface area (Å²) in [7, 11) is 0. The average Bonchev–Trinajstić information content (AvgIpc) is 3.30. The first kappa shape index (κ1) is 18.7. The molecule has 0 spiro atoms. The normalized spacial score (nSPS) is 16.4. The summed E-state index contributed by atoms with van der Waals surface area (Å²) in [6.07, 6.45) is 1.60. The molecule has 1 aliphatic heterocycles. The number of nitro groups is 1. The molecule has 1 N–H and O–H groups in total. The number of amidine groups is 1. The van der Waals surface area contributed by atoms with Crippen LogP contribution in [0.25, 0.3) is 17.4 Å². The van der Waals surface area contributed by atoms with Crippen LogP contribution in [0.3, 0.4) is 0 Å². The maximum absolute atomic E-state index is 12.3. The van der Waals surface area contributed by atoms with E-state index in [1.807, 2.05) is 31.2 Å². The fourth-order valence-corrected chi connectivity index (χ4v) is 3.64. The molecule has 2 heterocycles. The minimum atomic E-state index is -0.454. The van der Waals surface area contributed by atoms with Crippen LogP contribution in [0.15, 0.2) is 75.0 Å². The van der Waals surface area contributed by atoms with Gasteiger partial charge in [0.05, 0.1) is 21.1 Å². The van der Waals surface area contributed by atoms with E-state index < -0.39 is 4.92 Å². The quantitative estimate of drug-likeness (QED) is 0.372. The van der Waals surface area contributed by atoms with Crippen LogP contribution >= 0.6 is 11.8 Å². The Labute approximate surface area is 170 Å². The monoisotopic (exact) mass is 405 g/mol. The lowest BCUT2D eigenvalue weighted by Gasteiger charge is -1.99. The lowest BCUT2D eigenvalue weighted by atomic mass is 10.1. The van der Waals surface area contributed by atoms with Gasteiger partial charge in [-0.25, -0.2) is 4.99 Å². The summed E-state index contributed by atoms with van der Waals surface area (Å²) < 4.78 is 5.73. The van der Waals surface area contributed by atoms with Crippen molar-refractivity contribution in [3.63, 3.8) is 0 Å². The van der Waals surface area contributed by atoms with E-state index in [1.165, 1.54) is 17.8 Å². The van der Waals surface area contributed by atoms with Crippen molar-refractivity contribution in [1.82, 2.24) is 5.32 Å². The van der Waals surface area contributed by atoms with E-state index in [1.54, 1.807) is 36.4 Å². The minimum absolute atomic E-state index is 0.0401. The van der Waals surface area contributed by atoms with Gasteiger partial charge in [0.25, 0.3) is 11.6 Å². The number of hydrogen-bond donors (Lipinski definition) is 1. The van der Waals surface area contributed by atoms with Crippen LogP contribution in [0.4, 0.5) is 11.4 Å². The number of aryl methyl sites for hydroxylation is 1. The molecule has 0 saturated carbocycles. The van der Waals surface area contributed by atoms with Gasteiger partial charge in [-0.05, 0) is 48.5 Å². The predicted octanol–water partition coefficient (Wildman–Crippen LogP) is 5.05. The summed E-state index contributed by atoms with van der Waals surface area (Å²) in [6.45, 7) is 1.95. The number of para-hydroxylation sites is 2. The lowest BCUT2D eigenvalue weighted by Crippen LogP contribution is -2.19. The third-order valence-electron chi connectivity index (χ3n) is 4.25. The number of rotatable bonds is 4. The second kappa shape index (κ2) is 7.76. The molecule has 2 aromatic carbocycles. The highest BCUT2D eigenvalue weighted by atomic mass is 32.2. The third kappa shape index (κ3) is 3.97. The molecule has 3 aromatic rings. The van der Waals surface area contributed by atoms with Crippen molar-refractivity contribution < 1.29 is 14.1 Å². The maximum atomic E-state index is 12.3. The van der Waals surface area contributed by atoms with Crippen molar-refractivity contribution in [3.05, 3.63) is 87.0 Å². The van der Waals surface area contributed by atoms with Gasteiger partial charge in [-0.1, -0.05) is 30.3 Å². The van der Waals surface area contributed by atoms with Gasteiger partial charge in [0, 0.05) is 12.1 Å². The number of carbonyl (C=O) groups excluding carboxylic acids is 1. The average molecular weight is 405 g/mol. The second-order valence-electron chi connectivity index (χ2n) is 6.24. The van der Waals surface area contributed by atoms with Gasteiger partial charge in [0.2, 0.25) is 0 Å². The van der Waals surface area contributed by atoms with E-state index in [2.05, 4.69) is 10.3 Å². The molecule has 8 heteroatoms. The Balaban J connectivity index is 1.59. The number of furan rings is 1. The molecule has 0 aliphatic carbocycles. The fourth-order valence-electron chi connectivity index (χ4n) is 2.82. The van der Waals surface area contributed by atoms with Gasteiger partial charge in [-0.3, -0.25) is 14.9 Å². The molecule has 0 atom stereocenters. The van der Waals surface area contributed by atoms with E-state index in [4.69, 9.17) is 4.42 Å². The molecular weight excluding hydrogens is 390 g/mol. The number of amides is 1. The topological polar surface area (TPSA) is 97.7 Å². The minimum Gasteiger partial charge on any atom is -0.456 e. The highest BCUT2D eigenvalue weighted by Gasteiger charge is 2.25. The van der Waals surface area contributed by atoms with Crippen molar-refractivity contribution in [2.75, 3.05) is 0 Å². The predicted molar refractivity (Wildman–Crippen MR) is 113 cm³/mol. The first-order valence-electron chi connectivity index (χ1n) is 8.70. The van der Waals surface area contributed by atoms with E-state index >= 15 is 0 Å². The van der Waals surface area contributed by atoms with E-state index in [0.717, 1.165) is 11.3 Å².